The van der Waals surface area contributed by atoms with Crippen LogP contribution in [0.2, 0.25) is 0 Å². The van der Waals surface area contributed by atoms with E-state index in [1.807, 2.05) is 14.7 Å². The minimum absolute atomic E-state index is 0.0879. The zero-order valence-electron chi connectivity index (χ0n) is 73.5. The Morgan fingerprint density at radius 2 is 0.339 bits per heavy atom. The molecule has 0 fully saturated rings. The third kappa shape index (κ3) is 80.5. The van der Waals surface area contributed by atoms with Crippen LogP contribution in [0.4, 0.5) is 0 Å². The van der Waals surface area contributed by atoms with Crippen molar-refractivity contribution in [1.82, 2.24) is 25.3 Å². The van der Waals surface area contributed by atoms with Crippen LogP contribution < -0.4 is 10.6 Å². The maximum Gasteiger partial charge on any atom is 0.222 e. The third-order valence-electron chi connectivity index (χ3n) is 22.2. The number of rotatable bonds is 88. The van der Waals surface area contributed by atoms with Gasteiger partial charge in [-0.15, -0.1) is 0 Å². The van der Waals surface area contributed by atoms with E-state index in [2.05, 4.69) is 106 Å². The predicted octanol–water partition coefficient (Wildman–Crippen LogP) is 29.3. The van der Waals surface area contributed by atoms with Crippen molar-refractivity contribution in [2.24, 2.45) is 0 Å². The Bertz CT molecular complexity index is 2100. The van der Waals surface area contributed by atoms with E-state index >= 15 is 0 Å². The molecule has 0 aromatic heterocycles. The van der Waals surface area contributed by atoms with Gasteiger partial charge in [0.2, 0.25) is 29.5 Å². The molecule has 10 heteroatoms. The van der Waals surface area contributed by atoms with E-state index in [9.17, 15) is 24.0 Å². The second-order valence-corrected chi connectivity index (χ2v) is 32.9. The van der Waals surface area contributed by atoms with E-state index in [4.69, 9.17) is 0 Å². The van der Waals surface area contributed by atoms with E-state index < -0.39 is 0 Å². The Morgan fingerprint density at radius 3 is 0.532 bits per heavy atom. The van der Waals surface area contributed by atoms with Gasteiger partial charge < -0.3 is 25.3 Å². The molecule has 10 nitrogen and oxygen atoms in total. The molecule has 0 aromatic carbocycles. The molecule has 0 unspecified atom stereocenters. The Balaban J connectivity index is 6.20. The van der Waals surface area contributed by atoms with Crippen molar-refractivity contribution in [2.45, 2.75) is 490 Å². The van der Waals surface area contributed by atoms with Crippen molar-refractivity contribution in [3.63, 3.8) is 0 Å². The van der Waals surface area contributed by atoms with Gasteiger partial charge in [-0.1, -0.05) is 346 Å². The van der Waals surface area contributed by atoms with Gasteiger partial charge in [0, 0.05) is 84.5 Å². The zero-order chi connectivity index (χ0) is 79.0. The fourth-order valence-corrected chi connectivity index (χ4v) is 14.8. The molecule has 0 rings (SSSR count). The molecule has 0 aliphatic heterocycles. The van der Waals surface area contributed by atoms with Gasteiger partial charge in [0.05, 0.1) is 0 Å². The summed E-state index contributed by atoms with van der Waals surface area (Å²) in [6.45, 7) is 15.1. The quantitative estimate of drug-likeness (QED) is 0.0464. The van der Waals surface area contributed by atoms with Crippen molar-refractivity contribution < 1.29 is 24.0 Å². The van der Waals surface area contributed by atoms with Crippen LogP contribution >= 0.6 is 0 Å². The lowest BCUT2D eigenvalue weighted by atomic mass is 10.1. The summed E-state index contributed by atoms with van der Waals surface area (Å²) in [4.78, 5) is 75.7. The maximum atomic E-state index is 14.7. The van der Waals surface area contributed by atoms with Gasteiger partial charge in [-0.3, -0.25) is 24.0 Å². The van der Waals surface area contributed by atoms with E-state index in [-0.39, 0.29) is 29.5 Å². The molecule has 0 bridgehead atoms. The second-order valence-electron chi connectivity index (χ2n) is 32.9. The lowest BCUT2D eigenvalue weighted by Gasteiger charge is -2.31. The van der Waals surface area contributed by atoms with Crippen molar-refractivity contribution >= 4 is 29.5 Å². The molecule has 0 radical (unpaired) electrons. The highest BCUT2D eigenvalue weighted by Gasteiger charge is 2.22. The molecule has 0 saturated carbocycles. The predicted molar refractivity (Wildman–Crippen MR) is 478 cm³/mol. The number of nitrogens with one attached hydrogen (secondary N) is 2. The third-order valence-corrected chi connectivity index (χ3v) is 22.2. The maximum absolute atomic E-state index is 14.7. The first-order valence-corrected chi connectivity index (χ1v) is 48.3. The van der Waals surface area contributed by atoms with Crippen LogP contribution in [0.3, 0.4) is 0 Å². The molecule has 0 atom stereocenters. The monoisotopic (exact) mass is 1520 g/mol. The van der Waals surface area contributed by atoms with Crippen molar-refractivity contribution in [3.8, 4) is 0 Å². The Kier molecular flexibility index (Phi) is 86.4. The smallest absolute Gasteiger partial charge is 0.222 e. The second kappa shape index (κ2) is 89.6. The Hall–Kier alpha value is -3.95. The first kappa shape index (κ1) is 105. The fraction of sp³-hybridized carbons (Fsp3) is 0.848. The number of unbranched alkanes of at least 4 members (excludes halogenated alkanes) is 54. The summed E-state index contributed by atoms with van der Waals surface area (Å²) in [5, 5.41) is 6.37. The number of hydrogen-bond donors (Lipinski definition) is 2. The number of nitrogens with zero attached hydrogens (tertiary/aromatic N) is 3. The van der Waals surface area contributed by atoms with Gasteiger partial charge in [0.1, 0.15) is 0 Å². The lowest BCUT2D eigenvalue weighted by molar-refractivity contribution is -0.137. The highest BCUT2D eigenvalue weighted by atomic mass is 16.2. The molecule has 109 heavy (non-hydrogen) atoms. The van der Waals surface area contributed by atoms with Crippen molar-refractivity contribution in [3.05, 3.63) is 60.8 Å². The minimum atomic E-state index is 0.0879. The van der Waals surface area contributed by atoms with Gasteiger partial charge in [0.25, 0.3) is 0 Å². The van der Waals surface area contributed by atoms with Crippen LogP contribution in [-0.2, 0) is 24.0 Å². The number of allylic oxidation sites excluding steroid dienone is 10. The largest absolute Gasteiger partial charge is 0.356 e. The molecule has 5 amide bonds. The van der Waals surface area contributed by atoms with Crippen molar-refractivity contribution in [2.75, 3.05) is 52.4 Å². The van der Waals surface area contributed by atoms with Gasteiger partial charge in [0.15, 0.2) is 0 Å². The summed E-state index contributed by atoms with van der Waals surface area (Å²) >= 11 is 0. The SMILES string of the molecule is CCCCCCCC/C=C\CCCCCCCC(=O)N(CCN(CCCNC(=O)CCCCCC/C=C/CCCCCCCC)C(=O)CCCCCCC/C=C/CCCCCCCC)CCN(CCCNC(=O)CCCCCCC/C=C/CCCCCCCC)C(=O)CCCCCCC/C=C/CCCCCCCC. The fourth-order valence-electron chi connectivity index (χ4n) is 14.8. The van der Waals surface area contributed by atoms with Crippen molar-refractivity contribution in [1.29, 1.82) is 0 Å². The normalized spacial score (nSPS) is 11.9. The first-order valence-electron chi connectivity index (χ1n) is 48.3. The van der Waals surface area contributed by atoms with Crippen LogP contribution in [-0.4, -0.2) is 96.6 Å². The summed E-state index contributed by atoms with van der Waals surface area (Å²) in [7, 11) is 0. The minimum Gasteiger partial charge on any atom is -0.356 e. The van der Waals surface area contributed by atoms with E-state index in [0.29, 0.717) is 97.3 Å². The number of carbonyl (C=O) groups excluding carboxylic acids is 5. The Morgan fingerprint density at radius 1 is 0.183 bits per heavy atom. The number of carbonyl (C=O) groups is 5. The molecule has 0 spiro atoms. The van der Waals surface area contributed by atoms with Gasteiger partial charge in [-0.25, -0.2) is 0 Å². The first-order chi connectivity index (χ1) is 53.7. The molecular formula is C99H185N5O5. The Labute approximate surface area is 678 Å². The molecule has 0 aliphatic carbocycles. The average Bonchev–Trinajstić information content (AvgIpc) is 0.895. The van der Waals surface area contributed by atoms with E-state index in [0.717, 1.165) is 135 Å². The summed E-state index contributed by atoms with van der Waals surface area (Å²) < 4.78 is 0. The summed E-state index contributed by atoms with van der Waals surface area (Å²) in [6, 6.07) is 0. The molecule has 0 saturated heterocycles. The van der Waals surface area contributed by atoms with Crippen LogP contribution in [0.5, 0.6) is 0 Å². The van der Waals surface area contributed by atoms with Crippen LogP contribution in [0.1, 0.15) is 490 Å². The highest BCUT2D eigenvalue weighted by Crippen LogP contribution is 2.19. The van der Waals surface area contributed by atoms with Gasteiger partial charge in [-0.05, 0) is 173 Å². The zero-order valence-corrected chi connectivity index (χ0v) is 73.5. The summed E-state index contributed by atoms with van der Waals surface area (Å²) in [5.41, 5.74) is 0. The molecule has 636 valence electrons. The van der Waals surface area contributed by atoms with Gasteiger partial charge >= 0.3 is 0 Å². The van der Waals surface area contributed by atoms with E-state index in [1.165, 1.54) is 276 Å². The lowest BCUT2D eigenvalue weighted by Crippen LogP contribution is -2.46. The summed E-state index contributed by atoms with van der Waals surface area (Å²) in [6.07, 6.45) is 105. The van der Waals surface area contributed by atoms with E-state index in [1.54, 1.807) is 0 Å². The van der Waals surface area contributed by atoms with Crippen LogP contribution in [0.15, 0.2) is 60.8 Å². The van der Waals surface area contributed by atoms with Crippen LogP contribution in [0.25, 0.3) is 0 Å². The molecule has 2 N–H and O–H groups in total. The number of hydrogen-bond acceptors (Lipinski definition) is 5. The average molecular weight is 1530 g/mol. The molecule has 0 aromatic rings. The molecular weight excluding hydrogens is 1340 g/mol. The standard InChI is InChI=1S/C99H185N5O5/c1-6-11-16-21-26-31-36-41-46-51-56-61-66-71-76-83-96(106)101-88-81-90-103(98(108)85-78-73-68-63-58-53-48-43-38-33-28-23-18-13-8-3)92-94-104(99(109)86-79-74-69-64-59-54-49-44-39-34-29-24-19-14-9-4)93-91-102(97(107)84-77-72-67-62-57-52-47-42-37-32-27-22-17-12-7-2)89-80-87-100-95(105)82-75-70-65-60-55-50-45-40-35-30-25-20-15-10-5/h41-50H,6-40,51-94H2,1-5H3,(H,100,105)(H,101,106)/b46-41+,47-42+,48-43+,49-44-,50-45+. The molecule has 0 aliphatic rings. The summed E-state index contributed by atoms with van der Waals surface area (Å²) in [5.74, 6) is 0.532. The van der Waals surface area contributed by atoms with Crippen LogP contribution in [0, 0.1) is 0 Å². The highest BCUT2D eigenvalue weighted by molar-refractivity contribution is 5.78. The van der Waals surface area contributed by atoms with Gasteiger partial charge in [-0.2, -0.15) is 0 Å². The molecule has 0 heterocycles. The number of amides is 5. The topological polar surface area (TPSA) is 119 Å².